The molecular formula is C6H10N2O2. The molecule has 0 atom stereocenters. The van der Waals surface area contributed by atoms with Gasteiger partial charge in [-0.3, -0.25) is 10.0 Å². The summed E-state index contributed by atoms with van der Waals surface area (Å²) in [7, 11) is 0. The van der Waals surface area contributed by atoms with Crippen LogP contribution in [-0.2, 0) is 4.79 Å². The van der Waals surface area contributed by atoms with Crippen LogP contribution < -0.4 is 0 Å². The second kappa shape index (κ2) is 2.70. The molecule has 0 radical (unpaired) electrons. The van der Waals surface area contributed by atoms with Crippen LogP contribution in [0.1, 0.15) is 12.8 Å². The Morgan fingerprint density at radius 2 is 2.50 bits per heavy atom. The number of hydrogen-bond donors (Lipinski definition) is 1. The van der Waals surface area contributed by atoms with Crippen molar-refractivity contribution < 1.29 is 10.0 Å². The van der Waals surface area contributed by atoms with Crippen molar-refractivity contribution in [2.45, 2.75) is 12.8 Å². The van der Waals surface area contributed by atoms with Crippen LogP contribution in [0.25, 0.3) is 0 Å². The molecule has 10 heavy (non-hydrogen) atoms. The first kappa shape index (κ1) is 7.08. The Labute approximate surface area is 59.3 Å². The SMILES string of the molecule is C=CN(O)N1CCCC1=O. The number of nitrogens with zero attached hydrogens (tertiary/aromatic N) is 2. The van der Waals surface area contributed by atoms with E-state index in [0.29, 0.717) is 13.0 Å². The van der Waals surface area contributed by atoms with Gasteiger partial charge in [0.25, 0.3) is 0 Å². The molecule has 0 aromatic carbocycles. The molecule has 1 rings (SSSR count). The van der Waals surface area contributed by atoms with Crippen LogP contribution in [0.3, 0.4) is 0 Å². The molecule has 4 nitrogen and oxygen atoms in total. The zero-order chi connectivity index (χ0) is 7.56. The van der Waals surface area contributed by atoms with Gasteiger partial charge in [-0.25, -0.2) is 5.01 Å². The van der Waals surface area contributed by atoms with Crippen molar-refractivity contribution in [3.05, 3.63) is 12.8 Å². The molecule has 1 amide bonds. The van der Waals surface area contributed by atoms with E-state index in [1.54, 1.807) is 0 Å². The predicted molar refractivity (Wildman–Crippen MR) is 34.8 cm³/mol. The molecule has 1 aliphatic rings. The van der Waals surface area contributed by atoms with E-state index in [-0.39, 0.29) is 5.91 Å². The van der Waals surface area contributed by atoms with Crippen LogP contribution in [0, 0.1) is 0 Å². The maximum atomic E-state index is 10.9. The lowest BCUT2D eigenvalue weighted by atomic mass is 10.4. The number of hydrogen-bond acceptors (Lipinski definition) is 3. The molecule has 1 N–H and O–H groups in total. The summed E-state index contributed by atoms with van der Waals surface area (Å²) in [6, 6.07) is 0. The minimum absolute atomic E-state index is 0.0533. The highest BCUT2D eigenvalue weighted by molar-refractivity contribution is 5.77. The van der Waals surface area contributed by atoms with Gasteiger partial charge in [0.2, 0.25) is 5.91 Å². The summed E-state index contributed by atoms with van der Waals surface area (Å²) < 4.78 is 0. The molecule has 1 heterocycles. The molecule has 1 fully saturated rings. The topological polar surface area (TPSA) is 43.8 Å². The molecule has 0 spiro atoms. The van der Waals surface area contributed by atoms with Crippen molar-refractivity contribution in [3.63, 3.8) is 0 Å². The highest BCUT2D eigenvalue weighted by Crippen LogP contribution is 2.10. The number of hydroxylamine groups is 1. The third kappa shape index (κ3) is 1.11. The highest BCUT2D eigenvalue weighted by Gasteiger charge is 2.22. The van der Waals surface area contributed by atoms with Gasteiger partial charge < -0.3 is 0 Å². The fourth-order valence-electron chi connectivity index (χ4n) is 0.949. The third-order valence-corrected chi connectivity index (χ3v) is 1.46. The van der Waals surface area contributed by atoms with Crippen molar-refractivity contribution in [3.8, 4) is 0 Å². The lowest BCUT2D eigenvalue weighted by molar-refractivity contribution is -0.202. The monoisotopic (exact) mass is 142 g/mol. The van der Waals surface area contributed by atoms with Crippen LogP contribution >= 0.6 is 0 Å². The molecule has 0 saturated carbocycles. The van der Waals surface area contributed by atoms with Crippen LogP contribution in [0.15, 0.2) is 12.8 Å². The van der Waals surface area contributed by atoms with E-state index in [4.69, 9.17) is 5.21 Å². The normalized spacial score (nSPS) is 17.7. The summed E-state index contributed by atoms with van der Waals surface area (Å²) in [5.41, 5.74) is 0. The number of amides is 1. The van der Waals surface area contributed by atoms with Gasteiger partial charge in [0, 0.05) is 19.2 Å². The van der Waals surface area contributed by atoms with Gasteiger partial charge >= 0.3 is 0 Å². The van der Waals surface area contributed by atoms with Gasteiger partial charge in [-0.2, -0.15) is 5.17 Å². The Morgan fingerprint density at radius 1 is 1.80 bits per heavy atom. The molecule has 1 aliphatic heterocycles. The lowest BCUT2D eigenvalue weighted by Crippen LogP contribution is -2.37. The Balaban J connectivity index is 2.54. The smallest absolute Gasteiger partial charge is 0.243 e. The first-order valence-electron chi connectivity index (χ1n) is 3.16. The van der Waals surface area contributed by atoms with E-state index in [1.165, 1.54) is 11.2 Å². The van der Waals surface area contributed by atoms with Crippen LogP contribution in [0.4, 0.5) is 0 Å². The van der Waals surface area contributed by atoms with Gasteiger partial charge in [-0.15, -0.1) is 0 Å². The van der Waals surface area contributed by atoms with E-state index in [9.17, 15) is 4.79 Å². The molecule has 4 heteroatoms. The molecule has 0 unspecified atom stereocenters. The molecule has 0 aromatic heterocycles. The number of carbonyl (C=O) groups is 1. The average molecular weight is 142 g/mol. The fraction of sp³-hybridized carbons (Fsp3) is 0.500. The highest BCUT2D eigenvalue weighted by atomic mass is 16.6. The second-order valence-corrected chi connectivity index (χ2v) is 2.12. The van der Waals surface area contributed by atoms with Crippen molar-refractivity contribution in [1.29, 1.82) is 0 Å². The van der Waals surface area contributed by atoms with Crippen molar-refractivity contribution in [1.82, 2.24) is 10.2 Å². The molecule has 1 saturated heterocycles. The molecular weight excluding hydrogens is 132 g/mol. The number of rotatable bonds is 2. The van der Waals surface area contributed by atoms with Crippen molar-refractivity contribution in [2.75, 3.05) is 6.54 Å². The third-order valence-electron chi connectivity index (χ3n) is 1.46. The minimum atomic E-state index is -0.0533. The molecule has 0 aromatic rings. The van der Waals surface area contributed by atoms with E-state index in [2.05, 4.69) is 6.58 Å². The summed E-state index contributed by atoms with van der Waals surface area (Å²) in [4.78, 5) is 10.9. The van der Waals surface area contributed by atoms with Crippen LogP contribution in [0.5, 0.6) is 0 Å². The summed E-state index contributed by atoms with van der Waals surface area (Å²) in [6.07, 6.45) is 2.53. The van der Waals surface area contributed by atoms with E-state index >= 15 is 0 Å². The Morgan fingerprint density at radius 3 is 2.90 bits per heavy atom. The zero-order valence-electron chi connectivity index (χ0n) is 5.66. The first-order chi connectivity index (χ1) is 4.75. The largest absolute Gasteiger partial charge is 0.273 e. The van der Waals surface area contributed by atoms with Crippen molar-refractivity contribution in [2.24, 2.45) is 0 Å². The van der Waals surface area contributed by atoms with Gasteiger partial charge in [0.15, 0.2) is 0 Å². The zero-order valence-corrected chi connectivity index (χ0v) is 5.66. The lowest BCUT2D eigenvalue weighted by Gasteiger charge is -2.22. The van der Waals surface area contributed by atoms with Gasteiger partial charge in [-0.1, -0.05) is 6.58 Å². The number of hydrazine groups is 1. The first-order valence-corrected chi connectivity index (χ1v) is 3.16. The fourth-order valence-corrected chi connectivity index (χ4v) is 0.949. The van der Waals surface area contributed by atoms with E-state index in [0.717, 1.165) is 11.6 Å². The number of carbonyl (C=O) groups excluding carboxylic acids is 1. The minimum Gasteiger partial charge on any atom is -0.273 e. The van der Waals surface area contributed by atoms with Crippen LogP contribution in [0.2, 0.25) is 0 Å². The van der Waals surface area contributed by atoms with E-state index < -0.39 is 0 Å². The molecule has 56 valence electrons. The van der Waals surface area contributed by atoms with E-state index in [1.807, 2.05) is 0 Å². The van der Waals surface area contributed by atoms with Gasteiger partial charge in [0.1, 0.15) is 0 Å². The summed E-state index contributed by atoms with van der Waals surface area (Å²) in [5.74, 6) is -0.0533. The summed E-state index contributed by atoms with van der Waals surface area (Å²) in [5, 5.41) is 10.9. The summed E-state index contributed by atoms with van der Waals surface area (Å²) >= 11 is 0. The Bertz CT molecular complexity index is 158. The Kier molecular flexibility index (Phi) is 1.91. The Hall–Kier alpha value is -1.03. The van der Waals surface area contributed by atoms with Crippen LogP contribution in [-0.4, -0.2) is 27.8 Å². The maximum Gasteiger partial charge on any atom is 0.243 e. The van der Waals surface area contributed by atoms with Gasteiger partial charge in [0.05, 0.1) is 0 Å². The molecule has 0 bridgehead atoms. The predicted octanol–water partition coefficient (Wildman–Crippen LogP) is 0.358. The second-order valence-electron chi connectivity index (χ2n) is 2.12. The molecule has 0 aliphatic carbocycles. The summed E-state index contributed by atoms with van der Waals surface area (Å²) in [6.45, 7) is 3.91. The maximum absolute atomic E-state index is 10.9. The standard InChI is InChI=1S/C6H10N2O2/c1-2-8(10)7-5-3-4-6(7)9/h2,10H,1,3-5H2. The average Bonchev–Trinajstić information content (AvgIpc) is 2.34. The quantitative estimate of drug-likeness (QED) is 0.566. The van der Waals surface area contributed by atoms with Crippen molar-refractivity contribution >= 4 is 5.91 Å². The van der Waals surface area contributed by atoms with Gasteiger partial charge in [-0.05, 0) is 6.42 Å².